The molecule has 0 bridgehead atoms. The van der Waals surface area contributed by atoms with Gasteiger partial charge in [-0.25, -0.2) is 0 Å². The van der Waals surface area contributed by atoms with Gasteiger partial charge >= 0.3 is 0 Å². The van der Waals surface area contributed by atoms with Gasteiger partial charge in [-0.15, -0.1) is 12.5 Å². The van der Waals surface area contributed by atoms with E-state index in [2.05, 4.69) is 44.1 Å². The van der Waals surface area contributed by atoms with Crippen molar-refractivity contribution >= 4 is 0 Å². The molecule has 98 valence electrons. The number of unbranched alkanes of at least 4 members (excludes halogenated alkanes) is 2. The summed E-state index contributed by atoms with van der Waals surface area (Å²) >= 11 is 0. The molecule has 0 unspecified atom stereocenters. The van der Waals surface area contributed by atoms with Crippen LogP contribution in [-0.2, 0) is 0 Å². The first-order valence-corrected chi connectivity index (χ1v) is 6.99. The minimum Gasteiger partial charge on any atom is -0.289 e. The highest BCUT2D eigenvalue weighted by Gasteiger charge is 2.01. The summed E-state index contributed by atoms with van der Waals surface area (Å²) in [5.41, 5.74) is 0. The summed E-state index contributed by atoms with van der Waals surface area (Å²) in [6, 6.07) is 0. The Hall–Kier alpha value is -0.740. The normalized spacial score (nSPS) is 10.4. The molecule has 0 aromatic carbocycles. The summed E-state index contributed by atoms with van der Waals surface area (Å²) in [5, 5.41) is 0. The highest BCUT2D eigenvalue weighted by Crippen LogP contribution is 2.06. The van der Waals surface area contributed by atoms with Gasteiger partial charge in [0.2, 0.25) is 0 Å². The molecule has 0 aromatic heterocycles. The van der Waals surface area contributed by atoms with Crippen molar-refractivity contribution in [2.75, 3.05) is 19.6 Å². The van der Waals surface area contributed by atoms with Crippen molar-refractivity contribution < 1.29 is 0 Å². The van der Waals surface area contributed by atoms with E-state index in [0.29, 0.717) is 0 Å². The molecule has 0 aliphatic rings. The molecule has 0 N–H and O–H groups in total. The largest absolute Gasteiger partial charge is 0.289 e. The summed E-state index contributed by atoms with van der Waals surface area (Å²) in [5.74, 6) is 7.28. The zero-order chi connectivity index (χ0) is 12.9. The smallest absolute Gasteiger partial charge is 0.0604 e. The van der Waals surface area contributed by atoms with Crippen molar-refractivity contribution in [2.24, 2.45) is 5.92 Å². The molecule has 1 heteroatoms. The lowest BCUT2D eigenvalue weighted by Crippen LogP contribution is -2.25. The third-order valence-corrected chi connectivity index (χ3v) is 2.70. The van der Waals surface area contributed by atoms with Gasteiger partial charge in [0.05, 0.1) is 6.54 Å². The zero-order valence-corrected chi connectivity index (χ0v) is 12.0. The molecule has 0 atom stereocenters. The molecule has 17 heavy (non-hydrogen) atoms. The molecule has 0 amide bonds. The second kappa shape index (κ2) is 11.7. The van der Waals surface area contributed by atoms with E-state index in [4.69, 9.17) is 0 Å². The van der Waals surface area contributed by atoms with Gasteiger partial charge < -0.3 is 0 Å². The fourth-order valence-corrected chi connectivity index (χ4v) is 1.69. The fraction of sp³-hybridized carbons (Fsp3) is 0.750. The van der Waals surface area contributed by atoms with Gasteiger partial charge in [-0.05, 0) is 25.3 Å². The monoisotopic (exact) mass is 235 g/mol. The van der Waals surface area contributed by atoms with Crippen LogP contribution in [0.2, 0.25) is 0 Å². The first-order chi connectivity index (χ1) is 8.20. The molecule has 0 fully saturated rings. The molecule has 0 spiro atoms. The molecule has 0 aliphatic carbocycles. The first kappa shape index (κ1) is 16.3. The zero-order valence-electron chi connectivity index (χ0n) is 12.0. The van der Waals surface area contributed by atoms with Gasteiger partial charge in [0, 0.05) is 13.0 Å². The minimum atomic E-state index is 0.826. The van der Waals surface area contributed by atoms with Crippen molar-refractivity contribution in [3.63, 3.8) is 0 Å². The molecule has 0 aromatic rings. The second-order valence-corrected chi connectivity index (χ2v) is 5.02. The van der Waals surface area contributed by atoms with Crippen LogP contribution in [0.25, 0.3) is 0 Å². The molecule has 0 rings (SSSR count). The molecule has 1 nitrogen and oxygen atoms in total. The first-order valence-electron chi connectivity index (χ1n) is 6.99. The molecule has 0 radical (unpaired) electrons. The van der Waals surface area contributed by atoms with E-state index in [9.17, 15) is 0 Å². The van der Waals surface area contributed by atoms with Crippen molar-refractivity contribution in [3.8, 4) is 11.8 Å². The molecular formula is C16H29N. The molecule has 0 saturated carbocycles. The Labute approximate surface area is 108 Å². The van der Waals surface area contributed by atoms with Crippen LogP contribution < -0.4 is 0 Å². The van der Waals surface area contributed by atoms with Gasteiger partial charge in [-0.3, -0.25) is 4.90 Å². The maximum atomic E-state index is 3.81. The summed E-state index contributed by atoms with van der Waals surface area (Å²) < 4.78 is 0. The summed E-state index contributed by atoms with van der Waals surface area (Å²) in [6.07, 6.45) is 8.10. The van der Waals surface area contributed by atoms with E-state index in [1.54, 1.807) is 0 Å². The van der Waals surface area contributed by atoms with Gasteiger partial charge in [-0.1, -0.05) is 45.6 Å². The summed E-state index contributed by atoms with van der Waals surface area (Å²) in [7, 11) is 0. The van der Waals surface area contributed by atoms with E-state index < -0.39 is 0 Å². The molecule has 0 saturated heterocycles. The van der Waals surface area contributed by atoms with Crippen molar-refractivity contribution in [1.82, 2.24) is 4.90 Å². The van der Waals surface area contributed by atoms with Gasteiger partial charge in [0.15, 0.2) is 0 Å². The van der Waals surface area contributed by atoms with Crippen molar-refractivity contribution in [1.29, 1.82) is 0 Å². The highest BCUT2D eigenvalue weighted by molar-refractivity contribution is 5.01. The van der Waals surface area contributed by atoms with Crippen LogP contribution in [0, 0.1) is 17.8 Å². The Morgan fingerprint density at radius 2 is 2.00 bits per heavy atom. The van der Waals surface area contributed by atoms with E-state index in [1.165, 1.54) is 19.3 Å². The Kier molecular flexibility index (Phi) is 11.2. The van der Waals surface area contributed by atoms with Crippen LogP contribution in [0.4, 0.5) is 0 Å². The lowest BCUT2D eigenvalue weighted by Gasteiger charge is -2.17. The van der Waals surface area contributed by atoms with E-state index in [1.807, 2.05) is 6.08 Å². The minimum absolute atomic E-state index is 0.826. The Morgan fingerprint density at radius 3 is 2.59 bits per heavy atom. The van der Waals surface area contributed by atoms with Crippen LogP contribution in [0.15, 0.2) is 12.7 Å². The number of rotatable bonds is 9. The number of nitrogens with zero attached hydrogens (tertiary/aromatic N) is 1. The van der Waals surface area contributed by atoms with Crippen molar-refractivity contribution in [2.45, 2.75) is 52.9 Å². The van der Waals surface area contributed by atoms with E-state index >= 15 is 0 Å². The average Bonchev–Trinajstić information content (AvgIpc) is 2.29. The van der Waals surface area contributed by atoms with Crippen LogP contribution >= 0.6 is 0 Å². The van der Waals surface area contributed by atoms with Crippen LogP contribution in [0.5, 0.6) is 0 Å². The van der Waals surface area contributed by atoms with Crippen molar-refractivity contribution in [3.05, 3.63) is 12.7 Å². The van der Waals surface area contributed by atoms with E-state index in [-0.39, 0.29) is 0 Å². The number of hydrogen-bond donors (Lipinski definition) is 0. The SMILES string of the molecule is C=CCN(CC#CCCC)CCCCC(C)C. The fourth-order valence-electron chi connectivity index (χ4n) is 1.69. The molecule has 0 heterocycles. The highest BCUT2D eigenvalue weighted by atomic mass is 15.1. The maximum absolute atomic E-state index is 3.81. The van der Waals surface area contributed by atoms with Crippen LogP contribution in [0.1, 0.15) is 52.9 Å². The summed E-state index contributed by atoms with van der Waals surface area (Å²) in [6.45, 7) is 13.6. The lowest BCUT2D eigenvalue weighted by atomic mass is 10.1. The van der Waals surface area contributed by atoms with Gasteiger partial charge in [0.1, 0.15) is 0 Å². The second-order valence-electron chi connectivity index (χ2n) is 5.02. The van der Waals surface area contributed by atoms with Crippen LogP contribution in [-0.4, -0.2) is 24.5 Å². The summed E-state index contributed by atoms with van der Waals surface area (Å²) in [4.78, 5) is 2.38. The average molecular weight is 235 g/mol. The topological polar surface area (TPSA) is 3.24 Å². The third-order valence-electron chi connectivity index (χ3n) is 2.70. The molecular weight excluding hydrogens is 206 g/mol. The quantitative estimate of drug-likeness (QED) is 0.330. The van der Waals surface area contributed by atoms with Gasteiger partial charge in [0.25, 0.3) is 0 Å². The Bertz CT molecular complexity index is 232. The maximum Gasteiger partial charge on any atom is 0.0604 e. The lowest BCUT2D eigenvalue weighted by molar-refractivity contribution is 0.325. The van der Waals surface area contributed by atoms with Gasteiger partial charge in [-0.2, -0.15) is 0 Å². The number of hydrogen-bond acceptors (Lipinski definition) is 1. The van der Waals surface area contributed by atoms with E-state index in [0.717, 1.165) is 38.4 Å². The Morgan fingerprint density at radius 1 is 1.24 bits per heavy atom. The standard InChI is InChI=1S/C16H29N/c1-5-7-8-10-14-17(13-6-2)15-11-9-12-16(3)4/h6,16H,2,5,7,9,11-15H2,1,3-4H3. The predicted octanol–water partition coefficient (Wildman–Crippen LogP) is 4.10. The predicted molar refractivity (Wildman–Crippen MR) is 78.0 cm³/mol. The Balaban J connectivity index is 3.74. The third kappa shape index (κ3) is 11.5. The van der Waals surface area contributed by atoms with Crippen LogP contribution in [0.3, 0.4) is 0 Å². The molecule has 0 aliphatic heterocycles.